The molecule has 0 atom stereocenters. The van der Waals surface area contributed by atoms with Gasteiger partial charge in [-0.05, 0) is 110 Å². The molecule has 8 rings (SSSR count). The Labute approximate surface area is 227 Å². The number of amides is 2. The molecule has 2 amide bonds. The molecule has 4 bridgehead atoms. The monoisotopic (exact) mass is 517 g/mol. The first-order chi connectivity index (χ1) is 19.0. The van der Waals surface area contributed by atoms with Gasteiger partial charge in [0.05, 0.1) is 17.3 Å². The third kappa shape index (κ3) is 4.62. The van der Waals surface area contributed by atoms with Gasteiger partial charge in [-0.3, -0.25) is 14.6 Å². The van der Waals surface area contributed by atoms with E-state index < -0.39 is 0 Å². The summed E-state index contributed by atoms with van der Waals surface area (Å²) in [7, 11) is 0. The number of carbonyl (C=O) groups is 2. The highest BCUT2D eigenvalue weighted by Gasteiger charge is 2.54. The lowest BCUT2D eigenvalue weighted by molar-refractivity contribution is -0.140. The van der Waals surface area contributed by atoms with Crippen LogP contribution in [0.1, 0.15) is 49.0 Å². The lowest BCUT2D eigenvalue weighted by atomic mass is 9.49. The van der Waals surface area contributed by atoms with Crippen molar-refractivity contribution in [3.8, 4) is 22.6 Å². The van der Waals surface area contributed by atoms with E-state index in [2.05, 4.69) is 25.6 Å². The number of hydrogen-bond donors (Lipinski definition) is 3. The molecule has 4 aliphatic rings. The number of rotatable bonds is 6. The standard InChI is InChI=1S/C32H31N5O2/c38-30(27-3-1-2-12-33-27)35-25-10-6-24(7-11-25)29-34-19-28(37-29)23-4-8-26(9-5-23)36-31(39)32-16-20-13-21(17-32)15-22(14-20)18-32/h1-12,19-22H,13-18H2,(H,34,37)(H,35,38)(H,36,39). The summed E-state index contributed by atoms with van der Waals surface area (Å²) in [5, 5.41) is 6.10. The number of anilines is 2. The first kappa shape index (κ1) is 23.8. The Kier molecular flexibility index (Phi) is 5.80. The molecular weight excluding hydrogens is 486 g/mol. The number of pyridine rings is 1. The van der Waals surface area contributed by atoms with Crippen molar-refractivity contribution in [1.29, 1.82) is 0 Å². The number of aromatic nitrogens is 3. The van der Waals surface area contributed by atoms with Gasteiger partial charge in [-0.25, -0.2) is 4.98 Å². The molecule has 3 N–H and O–H groups in total. The molecule has 4 aromatic rings. The highest BCUT2D eigenvalue weighted by molar-refractivity contribution is 6.02. The lowest BCUT2D eigenvalue weighted by Crippen LogP contribution is -2.51. The van der Waals surface area contributed by atoms with E-state index in [9.17, 15) is 9.59 Å². The molecule has 2 aromatic carbocycles. The Morgan fingerprint density at radius 3 is 1.97 bits per heavy atom. The van der Waals surface area contributed by atoms with Gasteiger partial charge in [0.2, 0.25) is 5.91 Å². The molecule has 7 nitrogen and oxygen atoms in total. The number of benzene rings is 2. The molecule has 4 saturated carbocycles. The van der Waals surface area contributed by atoms with Gasteiger partial charge < -0.3 is 15.6 Å². The molecule has 4 aliphatic carbocycles. The van der Waals surface area contributed by atoms with Crippen molar-refractivity contribution in [3.05, 3.63) is 84.8 Å². The summed E-state index contributed by atoms with van der Waals surface area (Å²) in [6, 6.07) is 20.8. The quantitative estimate of drug-likeness (QED) is 0.270. The van der Waals surface area contributed by atoms with Gasteiger partial charge in [0, 0.05) is 23.1 Å². The van der Waals surface area contributed by atoms with E-state index in [1.54, 1.807) is 24.4 Å². The van der Waals surface area contributed by atoms with Crippen LogP contribution in [0.3, 0.4) is 0 Å². The maximum absolute atomic E-state index is 13.4. The molecule has 0 unspecified atom stereocenters. The molecule has 2 heterocycles. The summed E-state index contributed by atoms with van der Waals surface area (Å²) in [5.74, 6) is 2.97. The Balaban J connectivity index is 1.00. The summed E-state index contributed by atoms with van der Waals surface area (Å²) in [6.07, 6.45) is 10.6. The van der Waals surface area contributed by atoms with Crippen LogP contribution in [-0.2, 0) is 4.79 Å². The molecule has 39 heavy (non-hydrogen) atoms. The first-order valence-electron chi connectivity index (χ1n) is 13.8. The van der Waals surface area contributed by atoms with Crippen molar-refractivity contribution >= 4 is 23.2 Å². The number of imidazole rings is 1. The number of carbonyl (C=O) groups excluding carboxylic acids is 2. The van der Waals surface area contributed by atoms with Crippen LogP contribution >= 0.6 is 0 Å². The molecular formula is C32H31N5O2. The average molecular weight is 518 g/mol. The van der Waals surface area contributed by atoms with E-state index in [1.807, 2.05) is 54.7 Å². The minimum absolute atomic E-state index is 0.150. The Morgan fingerprint density at radius 2 is 1.36 bits per heavy atom. The summed E-state index contributed by atoms with van der Waals surface area (Å²) < 4.78 is 0. The van der Waals surface area contributed by atoms with Crippen molar-refractivity contribution < 1.29 is 9.59 Å². The van der Waals surface area contributed by atoms with Gasteiger partial charge in [-0.15, -0.1) is 0 Å². The van der Waals surface area contributed by atoms with Crippen molar-refractivity contribution in [2.45, 2.75) is 38.5 Å². The minimum Gasteiger partial charge on any atom is -0.338 e. The Hall–Kier alpha value is -4.26. The Bertz CT molecular complexity index is 1470. The number of hydrogen-bond acceptors (Lipinski definition) is 4. The van der Waals surface area contributed by atoms with Gasteiger partial charge in [0.1, 0.15) is 11.5 Å². The predicted molar refractivity (Wildman–Crippen MR) is 151 cm³/mol. The summed E-state index contributed by atoms with van der Waals surface area (Å²) >= 11 is 0. The number of aromatic amines is 1. The average Bonchev–Trinajstić information content (AvgIpc) is 3.44. The summed E-state index contributed by atoms with van der Waals surface area (Å²) in [4.78, 5) is 37.7. The van der Waals surface area contributed by atoms with Crippen LogP contribution in [0.2, 0.25) is 0 Å². The second-order valence-corrected chi connectivity index (χ2v) is 11.6. The van der Waals surface area contributed by atoms with Crippen molar-refractivity contribution in [2.24, 2.45) is 23.2 Å². The fourth-order valence-corrected chi connectivity index (χ4v) is 7.40. The van der Waals surface area contributed by atoms with Crippen molar-refractivity contribution in [3.63, 3.8) is 0 Å². The predicted octanol–water partition coefficient (Wildman–Crippen LogP) is 6.55. The number of H-pyrrole nitrogens is 1. The van der Waals surface area contributed by atoms with E-state index in [4.69, 9.17) is 0 Å². The highest BCUT2D eigenvalue weighted by Crippen LogP contribution is 2.60. The SMILES string of the molecule is O=C(Nc1ccc(-c2ncc(-c3ccc(NC(=O)C45CC6CC(CC(C6)C4)C5)cc3)[nH]2)cc1)c1ccccn1. The highest BCUT2D eigenvalue weighted by atomic mass is 16.2. The van der Waals surface area contributed by atoms with Gasteiger partial charge in [-0.1, -0.05) is 18.2 Å². The van der Waals surface area contributed by atoms with E-state index in [1.165, 1.54) is 19.3 Å². The third-order valence-corrected chi connectivity index (χ3v) is 8.86. The normalized spacial score (nSPS) is 24.9. The van der Waals surface area contributed by atoms with Gasteiger partial charge in [0.25, 0.3) is 5.91 Å². The zero-order chi connectivity index (χ0) is 26.4. The zero-order valence-corrected chi connectivity index (χ0v) is 21.7. The minimum atomic E-state index is -0.249. The van der Waals surface area contributed by atoms with Crippen LogP contribution in [0.25, 0.3) is 22.6 Å². The van der Waals surface area contributed by atoms with E-state index in [-0.39, 0.29) is 17.2 Å². The Morgan fingerprint density at radius 1 is 0.744 bits per heavy atom. The molecule has 0 radical (unpaired) electrons. The smallest absolute Gasteiger partial charge is 0.274 e. The van der Waals surface area contributed by atoms with Crippen LogP contribution in [0.5, 0.6) is 0 Å². The van der Waals surface area contributed by atoms with Crippen LogP contribution in [0, 0.1) is 23.2 Å². The van der Waals surface area contributed by atoms with E-state index in [0.29, 0.717) is 11.4 Å². The van der Waals surface area contributed by atoms with Gasteiger partial charge in [-0.2, -0.15) is 0 Å². The van der Waals surface area contributed by atoms with Crippen LogP contribution in [0.15, 0.2) is 79.1 Å². The fourth-order valence-electron chi connectivity index (χ4n) is 7.40. The lowest BCUT2D eigenvalue weighted by Gasteiger charge is -2.55. The molecule has 0 spiro atoms. The fraction of sp³-hybridized carbons (Fsp3) is 0.312. The molecule has 0 aliphatic heterocycles. The van der Waals surface area contributed by atoms with Crippen LogP contribution in [0.4, 0.5) is 11.4 Å². The molecule has 2 aromatic heterocycles. The van der Waals surface area contributed by atoms with Gasteiger partial charge >= 0.3 is 0 Å². The van der Waals surface area contributed by atoms with E-state index >= 15 is 0 Å². The second kappa shape index (κ2) is 9.49. The van der Waals surface area contributed by atoms with Crippen LogP contribution < -0.4 is 10.6 Å². The molecule has 4 fully saturated rings. The molecule has 196 valence electrons. The van der Waals surface area contributed by atoms with Gasteiger partial charge in [0.15, 0.2) is 0 Å². The maximum atomic E-state index is 13.4. The topological polar surface area (TPSA) is 99.8 Å². The molecule has 7 heteroatoms. The van der Waals surface area contributed by atoms with Crippen LogP contribution in [-0.4, -0.2) is 26.8 Å². The first-order valence-corrected chi connectivity index (χ1v) is 13.8. The largest absolute Gasteiger partial charge is 0.338 e. The number of nitrogens with zero attached hydrogens (tertiary/aromatic N) is 2. The van der Waals surface area contributed by atoms with E-state index in [0.717, 1.165) is 65.3 Å². The summed E-state index contributed by atoms with van der Waals surface area (Å²) in [6.45, 7) is 0. The van der Waals surface area contributed by atoms with Crippen molar-refractivity contribution in [2.75, 3.05) is 10.6 Å². The number of nitrogens with one attached hydrogen (secondary N) is 3. The zero-order valence-electron chi connectivity index (χ0n) is 21.7. The summed E-state index contributed by atoms with van der Waals surface area (Å²) in [5.41, 5.74) is 4.57. The second-order valence-electron chi connectivity index (χ2n) is 11.6. The third-order valence-electron chi connectivity index (χ3n) is 8.86. The maximum Gasteiger partial charge on any atom is 0.274 e. The van der Waals surface area contributed by atoms with Crippen molar-refractivity contribution in [1.82, 2.24) is 15.0 Å². The molecule has 0 saturated heterocycles.